The molecular formula is C46H74O18. The first-order valence-electron chi connectivity index (χ1n) is 23.5. The highest BCUT2D eigenvalue weighted by atomic mass is 16.8. The first kappa shape index (κ1) is 49.2. The highest BCUT2D eigenvalue weighted by Crippen LogP contribution is 2.76. The van der Waals surface area contributed by atoms with E-state index < -0.39 is 115 Å². The Balaban J connectivity index is 1.03. The van der Waals surface area contributed by atoms with Crippen molar-refractivity contribution in [1.82, 2.24) is 0 Å². The van der Waals surface area contributed by atoms with Crippen LogP contribution in [-0.4, -0.2) is 181 Å². The van der Waals surface area contributed by atoms with Gasteiger partial charge in [0.1, 0.15) is 66.8 Å². The Labute approximate surface area is 374 Å². The van der Waals surface area contributed by atoms with Gasteiger partial charge in [0.2, 0.25) is 0 Å². The third kappa shape index (κ3) is 7.79. The average molecular weight is 915 g/mol. The molecule has 8 fully saturated rings. The molecule has 18 nitrogen and oxygen atoms in total. The third-order valence-electron chi connectivity index (χ3n) is 18.3. The average Bonchev–Trinajstić information content (AvgIpc) is 3.77. The molecule has 0 aromatic carbocycles. The minimum atomic E-state index is -1.74. The van der Waals surface area contributed by atoms with Gasteiger partial charge in [0.15, 0.2) is 25.2 Å². The summed E-state index contributed by atoms with van der Waals surface area (Å²) in [7, 11) is 0. The molecule has 4 aliphatic heterocycles. The minimum Gasteiger partial charge on any atom is -0.392 e. The number of carbonyl (C=O) groups excluding carboxylic acids is 1. The second kappa shape index (κ2) is 17.9. The van der Waals surface area contributed by atoms with E-state index in [0.717, 1.165) is 32.1 Å². The molecule has 0 aromatic heterocycles. The summed E-state index contributed by atoms with van der Waals surface area (Å²) in [6.07, 6.45) is -12.7. The molecule has 0 spiro atoms. The fourth-order valence-corrected chi connectivity index (χ4v) is 14.5. The van der Waals surface area contributed by atoms with E-state index in [1.54, 1.807) is 13.0 Å². The molecule has 0 radical (unpaired) electrons. The van der Waals surface area contributed by atoms with Gasteiger partial charge in [-0.1, -0.05) is 33.8 Å². The predicted molar refractivity (Wildman–Crippen MR) is 221 cm³/mol. The molecule has 18 heteroatoms. The van der Waals surface area contributed by atoms with Crippen LogP contribution in [0.4, 0.5) is 0 Å². The molecule has 1 unspecified atom stereocenters. The van der Waals surface area contributed by atoms with E-state index >= 15 is 0 Å². The molecule has 366 valence electrons. The van der Waals surface area contributed by atoms with Crippen molar-refractivity contribution in [1.29, 1.82) is 0 Å². The van der Waals surface area contributed by atoms with Gasteiger partial charge >= 0.3 is 0 Å². The zero-order chi connectivity index (χ0) is 46.5. The predicted octanol–water partition coefficient (Wildman–Crippen LogP) is -0.233. The SMILES string of the molecule is C/C(=C\[C@@H]1CC(O)([C@H]2CC[C@]3(C)[C@@H]2CC[C@@H]2[C@@]4(C=O)CC[C@H](O[C@@H]5OC[C@H](O)[C@H](O[C@@H]6OC[C@@H](O)[C@H](O)[C@H]6O)[C@H]5O[C@@H]5O[C@@H](C)[C@H](O)[C@@H](O)[C@H]5O)C(C)(C)[C@@H]4CC[C@]23C)[C@@H](O)O1)CO. The van der Waals surface area contributed by atoms with Crippen LogP contribution in [0.3, 0.4) is 0 Å². The molecular weight excluding hydrogens is 840 g/mol. The molecule has 0 amide bonds. The molecule has 4 aliphatic carbocycles. The van der Waals surface area contributed by atoms with Crippen molar-refractivity contribution < 1.29 is 89.0 Å². The van der Waals surface area contributed by atoms with Crippen LogP contribution in [0.2, 0.25) is 0 Å². The van der Waals surface area contributed by atoms with Crippen molar-refractivity contribution in [3.63, 3.8) is 0 Å². The molecule has 0 aromatic rings. The Hall–Kier alpha value is -1.27. The van der Waals surface area contributed by atoms with Crippen LogP contribution in [0.1, 0.15) is 99.3 Å². The zero-order valence-electron chi connectivity index (χ0n) is 37.9. The van der Waals surface area contributed by atoms with Crippen LogP contribution in [0.5, 0.6) is 0 Å². The summed E-state index contributed by atoms with van der Waals surface area (Å²) >= 11 is 0. The standard InChI is InChI=1S/C46H74O18/c1-21(17-47)15-23-16-46(57,41(56)61-23)25-9-12-43(5)24(25)7-8-29-44(43,6)13-10-28-42(3,4)30(11-14-45(28,29)20-48)62-40-37(64-39-35(55)33(53)31(51)22(2)60-39)36(27(50)19-59-40)63-38-34(54)32(52)26(49)18-58-38/h15,20,22-41,47,49-57H,7-14,16-19H2,1-6H3/b21-15+/t22-,23+,24+,25-,26+,27-,28-,29-,30-,31-,32-,33+,34+,35+,36-,37+,38-,39-,40-,41-,43+,44+,45+,46?/m0/s1. The van der Waals surface area contributed by atoms with Gasteiger partial charge in [0, 0.05) is 11.8 Å². The van der Waals surface area contributed by atoms with E-state index in [4.69, 9.17) is 33.2 Å². The topological polar surface area (TPSA) is 284 Å². The van der Waals surface area contributed by atoms with Crippen LogP contribution < -0.4 is 0 Å². The molecule has 4 saturated carbocycles. The minimum absolute atomic E-state index is 0.0261. The Kier molecular flexibility index (Phi) is 13.8. The highest BCUT2D eigenvalue weighted by molar-refractivity contribution is 5.62. The Morgan fingerprint density at radius 1 is 0.672 bits per heavy atom. The lowest BCUT2D eigenvalue weighted by molar-refractivity contribution is -0.383. The third-order valence-corrected chi connectivity index (χ3v) is 18.3. The highest BCUT2D eigenvalue weighted by Gasteiger charge is 2.72. The van der Waals surface area contributed by atoms with Crippen LogP contribution >= 0.6 is 0 Å². The first-order chi connectivity index (χ1) is 30.1. The number of rotatable bonds is 10. The van der Waals surface area contributed by atoms with Crippen molar-refractivity contribution >= 4 is 6.29 Å². The van der Waals surface area contributed by atoms with E-state index in [9.17, 15) is 55.9 Å². The molecule has 4 heterocycles. The normalized spacial score (nSPS) is 55.3. The fraction of sp³-hybridized carbons (Fsp3) is 0.935. The summed E-state index contributed by atoms with van der Waals surface area (Å²) in [5.41, 5.74) is -2.58. The maximum Gasteiger partial charge on any atom is 0.187 e. The molecule has 8 rings (SSSR count). The van der Waals surface area contributed by atoms with Crippen LogP contribution in [0, 0.1) is 45.3 Å². The largest absolute Gasteiger partial charge is 0.392 e. The Morgan fingerprint density at radius 3 is 2.03 bits per heavy atom. The van der Waals surface area contributed by atoms with Crippen molar-refractivity contribution in [3.05, 3.63) is 11.6 Å². The quantitative estimate of drug-likeness (QED) is 0.0770. The van der Waals surface area contributed by atoms with E-state index in [2.05, 4.69) is 27.7 Å². The van der Waals surface area contributed by atoms with Crippen molar-refractivity contribution in [3.8, 4) is 0 Å². The number of aldehydes is 1. The van der Waals surface area contributed by atoms with Gasteiger partial charge in [0.25, 0.3) is 0 Å². The van der Waals surface area contributed by atoms with Gasteiger partial charge in [-0.05, 0) is 111 Å². The van der Waals surface area contributed by atoms with Crippen LogP contribution in [-0.2, 0) is 38.0 Å². The number of hydrogen-bond donors (Lipinski definition) is 10. The second-order valence-corrected chi connectivity index (χ2v) is 21.8. The second-order valence-electron chi connectivity index (χ2n) is 21.8. The zero-order valence-corrected chi connectivity index (χ0v) is 37.9. The van der Waals surface area contributed by atoms with Crippen molar-refractivity contribution in [2.24, 2.45) is 45.3 Å². The van der Waals surface area contributed by atoms with Gasteiger partial charge in [-0.2, -0.15) is 0 Å². The Morgan fingerprint density at radius 2 is 1.33 bits per heavy atom. The number of aliphatic hydroxyl groups is 10. The van der Waals surface area contributed by atoms with Gasteiger partial charge < -0.3 is 89.0 Å². The van der Waals surface area contributed by atoms with Crippen LogP contribution in [0.15, 0.2) is 11.6 Å². The molecule has 24 atom stereocenters. The van der Waals surface area contributed by atoms with Crippen LogP contribution in [0.25, 0.3) is 0 Å². The lowest BCUT2D eigenvalue weighted by Crippen LogP contribution is -2.67. The molecule has 4 saturated heterocycles. The van der Waals surface area contributed by atoms with Gasteiger partial charge in [-0.3, -0.25) is 0 Å². The summed E-state index contributed by atoms with van der Waals surface area (Å²) in [5.74, 6) is -0.214. The van der Waals surface area contributed by atoms with Gasteiger partial charge in [-0.15, -0.1) is 0 Å². The van der Waals surface area contributed by atoms with Gasteiger partial charge in [-0.25, -0.2) is 0 Å². The molecule has 10 N–H and O–H groups in total. The van der Waals surface area contributed by atoms with Gasteiger partial charge in [0.05, 0.1) is 38.1 Å². The molecule has 0 bridgehead atoms. The summed E-state index contributed by atoms with van der Waals surface area (Å²) in [5, 5.41) is 108. The smallest absolute Gasteiger partial charge is 0.187 e. The first-order valence-corrected chi connectivity index (χ1v) is 23.5. The van der Waals surface area contributed by atoms with E-state index in [1.807, 2.05) is 0 Å². The van der Waals surface area contributed by atoms with E-state index in [0.29, 0.717) is 24.8 Å². The van der Waals surface area contributed by atoms with E-state index in [1.165, 1.54) is 13.2 Å². The summed E-state index contributed by atoms with van der Waals surface area (Å²) in [6.45, 7) is 11.3. The summed E-state index contributed by atoms with van der Waals surface area (Å²) < 4.78 is 42.6. The van der Waals surface area contributed by atoms with Crippen molar-refractivity contribution in [2.75, 3.05) is 19.8 Å². The number of hydrogen-bond acceptors (Lipinski definition) is 18. The molecule has 8 aliphatic rings. The maximum atomic E-state index is 13.9. The lowest BCUT2D eigenvalue weighted by atomic mass is 9.35. The number of aliphatic hydroxyl groups excluding tert-OH is 9. The van der Waals surface area contributed by atoms with Crippen molar-refractivity contribution in [2.45, 2.75) is 203 Å². The lowest BCUT2D eigenvalue weighted by Gasteiger charge is -2.69. The maximum absolute atomic E-state index is 13.9. The fourth-order valence-electron chi connectivity index (χ4n) is 14.5. The number of carbonyl (C=O) groups is 1. The monoisotopic (exact) mass is 914 g/mol. The number of ether oxygens (including phenoxy) is 7. The van der Waals surface area contributed by atoms with E-state index in [-0.39, 0.29) is 60.7 Å². The number of fused-ring (bicyclic) bond motifs is 5. The summed E-state index contributed by atoms with van der Waals surface area (Å²) in [4.78, 5) is 13.9. The molecule has 64 heavy (non-hydrogen) atoms. The Bertz CT molecular complexity index is 1700. The summed E-state index contributed by atoms with van der Waals surface area (Å²) in [6, 6.07) is 0.